The van der Waals surface area contributed by atoms with E-state index in [-0.39, 0.29) is 17.5 Å². The number of rotatable bonds is 4. The van der Waals surface area contributed by atoms with Crippen molar-refractivity contribution in [1.29, 1.82) is 0 Å². The quantitative estimate of drug-likeness (QED) is 0.292. The minimum atomic E-state index is -1.02. The largest absolute Gasteiger partial charge is 0.439 e. The maximum absolute atomic E-state index is 13.5. The molecule has 9 heteroatoms. The third kappa shape index (κ3) is 3.21. The van der Waals surface area contributed by atoms with Crippen LogP contribution in [0.25, 0.3) is 0 Å². The standard InChI is InChI=1S/C12H9FN4O4/c13-9-6-8(1-2-10(9)17(19)20)21-11-5-7(3-4-15-11)12(14)16-18/h1-6,18H,(H2,14,16). The summed E-state index contributed by atoms with van der Waals surface area (Å²) in [6, 6.07) is 5.94. The highest BCUT2D eigenvalue weighted by Gasteiger charge is 2.15. The van der Waals surface area contributed by atoms with E-state index in [2.05, 4.69) is 10.1 Å². The van der Waals surface area contributed by atoms with E-state index in [4.69, 9.17) is 15.7 Å². The predicted octanol–water partition coefficient (Wildman–Crippen LogP) is 2.02. The Morgan fingerprint density at radius 3 is 2.81 bits per heavy atom. The van der Waals surface area contributed by atoms with E-state index in [1.54, 1.807) is 0 Å². The zero-order valence-electron chi connectivity index (χ0n) is 10.4. The van der Waals surface area contributed by atoms with Crippen LogP contribution in [0.2, 0.25) is 0 Å². The van der Waals surface area contributed by atoms with Crippen molar-refractivity contribution in [2.24, 2.45) is 10.9 Å². The first-order valence-corrected chi connectivity index (χ1v) is 5.57. The van der Waals surface area contributed by atoms with Gasteiger partial charge < -0.3 is 15.7 Å². The molecule has 0 aliphatic heterocycles. The van der Waals surface area contributed by atoms with Crippen molar-refractivity contribution in [3.05, 3.63) is 58.0 Å². The maximum Gasteiger partial charge on any atom is 0.305 e. The van der Waals surface area contributed by atoms with Crippen molar-refractivity contribution in [2.75, 3.05) is 0 Å². The summed E-state index contributed by atoms with van der Waals surface area (Å²) < 4.78 is 18.7. The Labute approximate surface area is 117 Å². The van der Waals surface area contributed by atoms with E-state index in [9.17, 15) is 14.5 Å². The smallest absolute Gasteiger partial charge is 0.305 e. The van der Waals surface area contributed by atoms with Crippen LogP contribution in [-0.4, -0.2) is 21.0 Å². The fraction of sp³-hybridized carbons (Fsp3) is 0. The van der Waals surface area contributed by atoms with Gasteiger partial charge in [-0.05, 0) is 12.1 Å². The molecule has 1 heterocycles. The highest BCUT2D eigenvalue weighted by molar-refractivity contribution is 5.97. The Kier molecular flexibility index (Phi) is 3.93. The van der Waals surface area contributed by atoms with E-state index < -0.39 is 16.4 Å². The summed E-state index contributed by atoms with van der Waals surface area (Å²) >= 11 is 0. The van der Waals surface area contributed by atoms with Gasteiger partial charge in [-0.1, -0.05) is 5.16 Å². The average molecular weight is 292 g/mol. The summed E-state index contributed by atoms with van der Waals surface area (Å²) in [7, 11) is 0. The number of nitro groups is 1. The molecular weight excluding hydrogens is 283 g/mol. The number of benzene rings is 1. The zero-order valence-corrected chi connectivity index (χ0v) is 10.4. The number of oxime groups is 1. The molecule has 0 aliphatic carbocycles. The molecule has 0 spiro atoms. The molecule has 0 aliphatic rings. The summed E-state index contributed by atoms with van der Waals surface area (Å²) in [6.07, 6.45) is 1.35. The molecule has 108 valence electrons. The van der Waals surface area contributed by atoms with Crippen molar-refractivity contribution in [1.82, 2.24) is 4.98 Å². The Morgan fingerprint density at radius 2 is 2.19 bits per heavy atom. The normalized spacial score (nSPS) is 11.2. The second-order valence-corrected chi connectivity index (χ2v) is 3.84. The van der Waals surface area contributed by atoms with Gasteiger partial charge in [0.1, 0.15) is 5.75 Å². The monoisotopic (exact) mass is 292 g/mol. The molecule has 3 N–H and O–H groups in total. The average Bonchev–Trinajstić information content (AvgIpc) is 2.46. The van der Waals surface area contributed by atoms with Gasteiger partial charge >= 0.3 is 5.69 Å². The molecule has 0 saturated heterocycles. The Bertz CT molecular complexity index is 720. The van der Waals surface area contributed by atoms with Gasteiger partial charge in [-0.3, -0.25) is 10.1 Å². The third-order valence-electron chi connectivity index (χ3n) is 2.48. The number of nitrogens with two attached hydrogens (primary N) is 1. The van der Waals surface area contributed by atoms with Crippen molar-refractivity contribution in [3.63, 3.8) is 0 Å². The molecule has 0 saturated carbocycles. The van der Waals surface area contributed by atoms with Crippen LogP contribution in [0.4, 0.5) is 10.1 Å². The highest BCUT2D eigenvalue weighted by Crippen LogP contribution is 2.25. The molecule has 0 fully saturated rings. The van der Waals surface area contributed by atoms with Crippen LogP contribution >= 0.6 is 0 Å². The van der Waals surface area contributed by atoms with E-state index >= 15 is 0 Å². The number of hydrogen-bond donors (Lipinski definition) is 2. The SMILES string of the molecule is NC(=NO)c1ccnc(Oc2ccc([N+](=O)[O-])c(F)c2)c1. The third-order valence-corrected chi connectivity index (χ3v) is 2.48. The first-order valence-electron chi connectivity index (χ1n) is 5.57. The summed E-state index contributed by atoms with van der Waals surface area (Å²) in [5, 5.41) is 21.9. The van der Waals surface area contributed by atoms with Gasteiger partial charge in [-0.25, -0.2) is 4.98 Å². The van der Waals surface area contributed by atoms with Crippen LogP contribution in [0.1, 0.15) is 5.56 Å². The van der Waals surface area contributed by atoms with Gasteiger partial charge in [0.15, 0.2) is 5.84 Å². The minimum absolute atomic E-state index is 0.0299. The lowest BCUT2D eigenvalue weighted by molar-refractivity contribution is -0.387. The van der Waals surface area contributed by atoms with E-state index in [0.717, 1.165) is 12.1 Å². The van der Waals surface area contributed by atoms with E-state index in [0.29, 0.717) is 5.56 Å². The second kappa shape index (κ2) is 5.82. The van der Waals surface area contributed by atoms with Crippen LogP contribution in [0.15, 0.2) is 41.7 Å². The summed E-state index contributed by atoms with van der Waals surface area (Å²) in [4.78, 5) is 13.5. The molecule has 2 aromatic rings. The molecule has 0 bridgehead atoms. The number of pyridine rings is 1. The zero-order chi connectivity index (χ0) is 15.4. The first kappa shape index (κ1) is 14.2. The minimum Gasteiger partial charge on any atom is -0.439 e. The first-order chi connectivity index (χ1) is 10.0. The Morgan fingerprint density at radius 1 is 1.43 bits per heavy atom. The molecule has 0 amide bonds. The van der Waals surface area contributed by atoms with Crippen molar-refractivity contribution >= 4 is 11.5 Å². The van der Waals surface area contributed by atoms with Crippen LogP contribution in [-0.2, 0) is 0 Å². The molecular formula is C12H9FN4O4. The van der Waals surface area contributed by atoms with Crippen LogP contribution < -0.4 is 10.5 Å². The molecule has 1 aromatic carbocycles. The number of nitro benzene ring substituents is 1. The van der Waals surface area contributed by atoms with Gasteiger partial charge in [0.05, 0.1) is 4.92 Å². The van der Waals surface area contributed by atoms with Crippen molar-refractivity contribution < 1.29 is 19.3 Å². The van der Waals surface area contributed by atoms with Gasteiger partial charge in [0.2, 0.25) is 11.7 Å². The number of ether oxygens (including phenoxy) is 1. The number of aromatic nitrogens is 1. The topological polar surface area (TPSA) is 124 Å². The lowest BCUT2D eigenvalue weighted by Gasteiger charge is -2.06. The predicted molar refractivity (Wildman–Crippen MR) is 69.9 cm³/mol. The molecule has 1 aromatic heterocycles. The lowest BCUT2D eigenvalue weighted by atomic mass is 10.2. The molecule has 0 radical (unpaired) electrons. The molecule has 8 nitrogen and oxygen atoms in total. The molecule has 0 atom stereocenters. The highest BCUT2D eigenvalue weighted by atomic mass is 19.1. The van der Waals surface area contributed by atoms with Gasteiger partial charge in [-0.15, -0.1) is 0 Å². The van der Waals surface area contributed by atoms with Crippen LogP contribution in [0.5, 0.6) is 11.6 Å². The van der Waals surface area contributed by atoms with E-state index in [1.807, 2.05) is 0 Å². The number of hydrogen-bond acceptors (Lipinski definition) is 6. The fourth-order valence-corrected chi connectivity index (χ4v) is 1.50. The molecule has 21 heavy (non-hydrogen) atoms. The maximum atomic E-state index is 13.5. The second-order valence-electron chi connectivity index (χ2n) is 3.84. The molecule has 0 unspecified atom stereocenters. The number of halogens is 1. The van der Waals surface area contributed by atoms with Crippen LogP contribution in [0, 0.1) is 15.9 Å². The summed E-state index contributed by atoms with van der Waals surface area (Å²) in [5.74, 6) is -1.07. The Hall–Kier alpha value is -3.23. The van der Waals surface area contributed by atoms with Crippen LogP contribution in [0.3, 0.4) is 0 Å². The summed E-state index contributed by atoms with van der Waals surface area (Å²) in [6.45, 7) is 0. The lowest BCUT2D eigenvalue weighted by Crippen LogP contribution is -2.13. The molecule has 2 rings (SSSR count). The van der Waals surface area contributed by atoms with Crippen molar-refractivity contribution in [3.8, 4) is 11.6 Å². The van der Waals surface area contributed by atoms with Gasteiger partial charge in [0.25, 0.3) is 0 Å². The van der Waals surface area contributed by atoms with Crippen molar-refractivity contribution in [2.45, 2.75) is 0 Å². The Balaban J connectivity index is 2.26. The number of amidine groups is 1. The van der Waals surface area contributed by atoms with E-state index in [1.165, 1.54) is 24.4 Å². The fourth-order valence-electron chi connectivity index (χ4n) is 1.50. The van der Waals surface area contributed by atoms with Gasteiger partial charge in [-0.2, -0.15) is 4.39 Å². The number of nitrogens with zero attached hydrogens (tertiary/aromatic N) is 3. The summed E-state index contributed by atoms with van der Waals surface area (Å²) in [5.41, 5.74) is 5.12. The van der Waals surface area contributed by atoms with Gasteiger partial charge in [0, 0.05) is 30.0 Å².